The summed E-state index contributed by atoms with van der Waals surface area (Å²) in [7, 11) is 0. The van der Waals surface area contributed by atoms with Crippen molar-refractivity contribution in [3.63, 3.8) is 0 Å². The third-order valence-electron chi connectivity index (χ3n) is 5.64. The van der Waals surface area contributed by atoms with E-state index in [1.165, 1.54) is 6.33 Å². The van der Waals surface area contributed by atoms with Gasteiger partial charge < -0.3 is 25.6 Å². The van der Waals surface area contributed by atoms with Gasteiger partial charge >= 0.3 is 5.97 Å². The first-order chi connectivity index (χ1) is 17.0. The van der Waals surface area contributed by atoms with Crippen LogP contribution in [0.3, 0.4) is 0 Å². The highest BCUT2D eigenvalue weighted by Gasteiger charge is 2.28. The quantitative estimate of drug-likeness (QED) is 0.183. The summed E-state index contributed by atoms with van der Waals surface area (Å²) in [5.41, 5.74) is 8.49. The molecule has 8 heteroatoms. The summed E-state index contributed by atoms with van der Waals surface area (Å²) >= 11 is 0. The molecule has 0 saturated heterocycles. The molecule has 0 aliphatic rings. The van der Waals surface area contributed by atoms with Crippen molar-refractivity contribution < 1.29 is 19.1 Å². The predicted octanol–water partition coefficient (Wildman–Crippen LogP) is 3.67. The molecule has 4 aromatic rings. The van der Waals surface area contributed by atoms with Gasteiger partial charge in [-0.05, 0) is 29.3 Å². The molecule has 35 heavy (non-hydrogen) atoms. The van der Waals surface area contributed by atoms with Crippen molar-refractivity contribution in [1.82, 2.24) is 9.97 Å². The second-order valence-corrected chi connectivity index (χ2v) is 8.28. The number of carbonyl (C=O) groups excluding carboxylic acids is 3. The van der Waals surface area contributed by atoms with Gasteiger partial charge in [-0.2, -0.15) is 0 Å². The van der Waals surface area contributed by atoms with E-state index < -0.39 is 18.1 Å². The second kappa shape index (κ2) is 10.8. The van der Waals surface area contributed by atoms with Crippen LogP contribution in [0.4, 0.5) is 5.69 Å². The Balaban J connectivity index is 1.79. The average Bonchev–Trinajstić information content (AvgIpc) is 3.40. The third kappa shape index (κ3) is 5.44. The van der Waals surface area contributed by atoms with Crippen LogP contribution in [-0.4, -0.2) is 40.1 Å². The van der Waals surface area contributed by atoms with Gasteiger partial charge in [-0.1, -0.05) is 54.6 Å². The lowest BCUT2D eigenvalue weighted by Crippen LogP contribution is -2.34. The number of nitrogens with two attached hydrogens (primary N) is 1. The molecule has 0 unspecified atom stereocenters. The molecule has 2 atom stereocenters. The Morgan fingerprint density at radius 1 is 1.14 bits per heavy atom. The summed E-state index contributed by atoms with van der Waals surface area (Å²) in [5.74, 6) is -0.981. The smallest absolute Gasteiger partial charge is 0.340 e. The molecule has 4 rings (SSSR count). The lowest BCUT2D eigenvalue weighted by atomic mass is 9.91. The van der Waals surface area contributed by atoms with Crippen molar-refractivity contribution in [2.24, 2.45) is 5.73 Å². The van der Waals surface area contributed by atoms with Crippen LogP contribution in [-0.2, 0) is 22.6 Å². The van der Waals surface area contributed by atoms with Crippen LogP contribution < -0.4 is 11.1 Å². The molecule has 0 saturated carbocycles. The monoisotopic (exact) mass is 470 g/mol. The number of hydrogen-bond acceptors (Lipinski definition) is 7. The summed E-state index contributed by atoms with van der Waals surface area (Å²) in [4.78, 5) is 45.4. The van der Waals surface area contributed by atoms with E-state index in [2.05, 4.69) is 15.3 Å². The minimum absolute atomic E-state index is 0.0673. The number of imidazole rings is 1. The van der Waals surface area contributed by atoms with Crippen LogP contribution >= 0.6 is 0 Å². The fraction of sp³-hybridized carbons (Fsp3) is 0.185. The highest BCUT2D eigenvalue weighted by atomic mass is 16.5. The summed E-state index contributed by atoms with van der Waals surface area (Å²) in [6.07, 6.45) is 4.06. The number of benzene rings is 3. The third-order valence-corrected chi connectivity index (χ3v) is 5.64. The molecule has 0 bridgehead atoms. The minimum Gasteiger partial charge on any atom is -0.457 e. The van der Waals surface area contributed by atoms with Crippen molar-refractivity contribution >= 4 is 34.5 Å². The average molecular weight is 471 g/mol. The van der Waals surface area contributed by atoms with Gasteiger partial charge in [0, 0.05) is 18.3 Å². The first kappa shape index (κ1) is 23.8. The predicted molar refractivity (Wildman–Crippen MR) is 133 cm³/mol. The summed E-state index contributed by atoms with van der Waals surface area (Å²) in [6.45, 7) is 1.71. The number of aromatic nitrogens is 2. The topological polar surface area (TPSA) is 127 Å². The van der Waals surface area contributed by atoms with Crippen molar-refractivity contribution in [2.75, 3.05) is 5.32 Å². The number of nitrogens with one attached hydrogen (secondary N) is 2. The Morgan fingerprint density at radius 2 is 1.89 bits per heavy atom. The maximum atomic E-state index is 13.7. The lowest BCUT2D eigenvalue weighted by molar-refractivity contribution is -0.108. The normalized spacial score (nSPS) is 12.6. The van der Waals surface area contributed by atoms with Gasteiger partial charge in [0.2, 0.25) is 0 Å². The Morgan fingerprint density at radius 3 is 2.60 bits per heavy atom. The molecule has 0 spiro atoms. The van der Waals surface area contributed by atoms with Gasteiger partial charge in [-0.3, -0.25) is 4.79 Å². The van der Waals surface area contributed by atoms with Crippen LogP contribution in [0.5, 0.6) is 0 Å². The van der Waals surface area contributed by atoms with Crippen LogP contribution in [0.2, 0.25) is 0 Å². The fourth-order valence-corrected chi connectivity index (χ4v) is 3.89. The number of ether oxygens (including phenoxy) is 1. The van der Waals surface area contributed by atoms with E-state index in [9.17, 15) is 14.4 Å². The molecule has 1 heterocycles. The van der Waals surface area contributed by atoms with E-state index in [1.54, 1.807) is 31.3 Å². The van der Waals surface area contributed by atoms with Gasteiger partial charge in [-0.15, -0.1) is 0 Å². The van der Waals surface area contributed by atoms with Gasteiger partial charge in [0.05, 0.1) is 35.2 Å². The van der Waals surface area contributed by atoms with E-state index in [0.717, 1.165) is 5.56 Å². The molecule has 0 radical (unpaired) electrons. The zero-order valence-corrected chi connectivity index (χ0v) is 19.2. The number of rotatable bonds is 10. The van der Waals surface area contributed by atoms with Crippen LogP contribution in [0.1, 0.15) is 38.9 Å². The first-order valence-corrected chi connectivity index (χ1v) is 11.2. The standard InChI is InChI=1S/C27H26N4O4/c1-17(14-32)31-25-22(27(34)35-15-18-7-3-2-4-8-18)11-19-9-5-6-10-21(19)24(25)26(33)23(28)12-20-13-29-16-30-20/h2-11,13-14,16-17,23,31H,12,15,28H2,1H3,(H,29,30)/t17-,23-/m0/s1. The number of aldehydes is 1. The van der Waals surface area contributed by atoms with Gasteiger partial charge in [0.25, 0.3) is 0 Å². The zero-order valence-electron chi connectivity index (χ0n) is 19.2. The number of fused-ring (bicyclic) bond motifs is 1. The number of H-pyrrole nitrogens is 1. The number of nitrogens with zero attached hydrogens (tertiary/aromatic N) is 1. The molecular formula is C27H26N4O4. The van der Waals surface area contributed by atoms with Crippen molar-refractivity contribution in [3.05, 3.63) is 95.6 Å². The van der Waals surface area contributed by atoms with Gasteiger partial charge in [-0.25, -0.2) is 9.78 Å². The number of Topliss-reactive ketones (excluding diaryl/α,β-unsaturated/α-hetero) is 1. The van der Waals surface area contributed by atoms with Gasteiger partial charge in [0.15, 0.2) is 5.78 Å². The van der Waals surface area contributed by atoms with E-state index in [4.69, 9.17) is 10.5 Å². The van der Waals surface area contributed by atoms with E-state index >= 15 is 0 Å². The first-order valence-electron chi connectivity index (χ1n) is 11.2. The molecule has 8 nitrogen and oxygen atoms in total. The Labute approximate surface area is 202 Å². The highest BCUT2D eigenvalue weighted by molar-refractivity contribution is 6.18. The molecular weight excluding hydrogens is 444 g/mol. The van der Waals surface area contributed by atoms with Crippen molar-refractivity contribution in [3.8, 4) is 0 Å². The SMILES string of the molecule is C[C@@H](C=O)Nc1c(C(=O)OCc2ccccc2)cc2ccccc2c1C(=O)[C@@H](N)Cc1cnc[nH]1. The van der Waals surface area contributed by atoms with Crippen LogP contribution in [0.25, 0.3) is 10.8 Å². The van der Waals surface area contributed by atoms with E-state index in [1.807, 2.05) is 42.5 Å². The fourth-order valence-electron chi connectivity index (χ4n) is 3.89. The Kier molecular flexibility index (Phi) is 7.32. The summed E-state index contributed by atoms with van der Waals surface area (Å²) < 4.78 is 5.58. The Hall–Kier alpha value is -4.30. The molecule has 0 fully saturated rings. The molecule has 0 aliphatic carbocycles. The Bertz CT molecular complexity index is 1340. The zero-order chi connectivity index (χ0) is 24.8. The summed E-state index contributed by atoms with van der Waals surface area (Å²) in [5, 5.41) is 4.33. The number of aromatic amines is 1. The largest absolute Gasteiger partial charge is 0.457 e. The minimum atomic E-state index is -0.901. The number of carbonyl (C=O) groups is 3. The van der Waals surface area contributed by atoms with Crippen LogP contribution in [0, 0.1) is 0 Å². The molecule has 0 amide bonds. The molecule has 3 aromatic carbocycles. The number of hydrogen-bond donors (Lipinski definition) is 3. The van der Waals surface area contributed by atoms with Crippen molar-refractivity contribution in [2.45, 2.75) is 32.0 Å². The van der Waals surface area contributed by atoms with E-state index in [-0.39, 0.29) is 35.6 Å². The van der Waals surface area contributed by atoms with Crippen LogP contribution in [0.15, 0.2) is 73.2 Å². The lowest BCUT2D eigenvalue weighted by Gasteiger charge is -2.21. The van der Waals surface area contributed by atoms with Gasteiger partial charge in [0.1, 0.15) is 12.9 Å². The molecule has 4 N–H and O–H groups in total. The number of ketones is 1. The molecule has 0 aliphatic heterocycles. The van der Waals surface area contributed by atoms with Crippen molar-refractivity contribution in [1.29, 1.82) is 0 Å². The number of anilines is 1. The number of esters is 1. The second-order valence-electron chi connectivity index (χ2n) is 8.28. The highest BCUT2D eigenvalue weighted by Crippen LogP contribution is 2.33. The maximum Gasteiger partial charge on any atom is 0.340 e. The molecule has 178 valence electrons. The summed E-state index contributed by atoms with van der Waals surface area (Å²) in [6, 6.07) is 16.6. The molecule has 1 aromatic heterocycles. The maximum absolute atomic E-state index is 13.7. The van der Waals surface area contributed by atoms with E-state index in [0.29, 0.717) is 22.8 Å².